The molecule has 16 heavy (non-hydrogen) atoms. The van der Waals surface area contributed by atoms with Crippen molar-refractivity contribution in [3.8, 4) is 0 Å². The quantitative estimate of drug-likeness (QED) is 0.666. The summed E-state index contributed by atoms with van der Waals surface area (Å²) in [4.78, 5) is 0. The second-order valence-electron chi connectivity index (χ2n) is 6.17. The van der Waals surface area contributed by atoms with Crippen molar-refractivity contribution in [2.75, 3.05) is 0 Å². The lowest BCUT2D eigenvalue weighted by atomic mass is 9.60. The van der Waals surface area contributed by atoms with E-state index in [9.17, 15) is 5.11 Å². The molecule has 0 spiro atoms. The average Bonchev–Trinajstić information content (AvgIpc) is 2.15. The van der Waals surface area contributed by atoms with E-state index >= 15 is 0 Å². The molecule has 1 nitrogen and oxygen atoms in total. The summed E-state index contributed by atoms with van der Waals surface area (Å²) in [5.74, 6) is 0.674. The molecule has 0 saturated heterocycles. The molecule has 0 heterocycles. The zero-order valence-electron chi connectivity index (χ0n) is 10.8. The smallest absolute Gasteiger partial charge is 0.0585 e. The van der Waals surface area contributed by atoms with Crippen LogP contribution in [0.5, 0.6) is 0 Å². The van der Waals surface area contributed by atoms with Crippen molar-refractivity contribution < 1.29 is 5.11 Å². The maximum atomic E-state index is 9.91. The SMILES string of the molecule is C=C(C)[C@@H]1CC[C@@]2(C)C[C@@H](O)CC(C)=C2C1. The molecule has 0 aromatic carbocycles. The minimum absolute atomic E-state index is 0.116. The standard InChI is InChI=1S/C15H24O/c1-10(2)12-5-6-15(4)9-13(16)7-11(3)14(15)8-12/h12-13,16H,1,5-9H2,2-4H3/t12-,13+,15+/m1/s1. The van der Waals surface area contributed by atoms with Gasteiger partial charge in [-0.15, -0.1) is 0 Å². The highest BCUT2D eigenvalue weighted by molar-refractivity contribution is 5.28. The van der Waals surface area contributed by atoms with E-state index in [2.05, 4.69) is 27.4 Å². The molecule has 0 unspecified atom stereocenters. The molecule has 2 rings (SSSR count). The number of hydrogen-bond donors (Lipinski definition) is 1. The summed E-state index contributed by atoms with van der Waals surface area (Å²) in [6.07, 6.45) is 5.37. The first kappa shape index (κ1) is 11.9. The van der Waals surface area contributed by atoms with Crippen LogP contribution in [0.1, 0.15) is 52.9 Å². The van der Waals surface area contributed by atoms with Crippen LogP contribution in [-0.2, 0) is 0 Å². The average molecular weight is 220 g/mol. The first-order chi connectivity index (χ1) is 7.42. The molecular weight excluding hydrogens is 196 g/mol. The summed E-state index contributed by atoms with van der Waals surface area (Å²) in [5.41, 5.74) is 4.66. The van der Waals surface area contributed by atoms with Crippen molar-refractivity contribution >= 4 is 0 Å². The number of allylic oxidation sites excluding steroid dienone is 2. The van der Waals surface area contributed by atoms with Crippen molar-refractivity contribution in [1.82, 2.24) is 0 Å². The van der Waals surface area contributed by atoms with E-state index in [1.807, 2.05) is 0 Å². The molecule has 0 aromatic heterocycles. The first-order valence-corrected chi connectivity index (χ1v) is 6.45. The summed E-state index contributed by atoms with van der Waals surface area (Å²) >= 11 is 0. The molecule has 0 amide bonds. The van der Waals surface area contributed by atoms with Crippen LogP contribution in [0.4, 0.5) is 0 Å². The fourth-order valence-corrected chi connectivity index (χ4v) is 3.64. The minimum atomic E-state index is -0.116. The zero-order valence-corrected chi connectivity index (χ0v) is 10.8. The van der Waals surface area contributed by atoms with Crippen molar-refractivity contribution in [3.05, 3.63) is 23.3 Å². The Labute approximate surface area is 99.3 Å². The zero-order chi connectivity index (χ0) is 11.9. The van der Waals surface area contributed by atoms with E-state index in [-0.39, 0.29) is 11.5 Å². The molecule has 0 radical (unpaired) electrons. The number of aliphatic hydroxyl groups is 1. The van der Waals surface area contributed by atoms with Crippen molar-refractivity contribution in [2.24, 2.45) is 11.3 Å². The molecule has 3 atom stereocenters. The lowest BCUT2D eigenvalue weighted by Gasteiger charge is -2.45. The van der Waals surface area contributed by atoms with Gasteiger partial charge in [-0.1, -0.05) is 30.2 Å². The Morgan fingerprint density at radius 3 is 2.75 bits per heavy atom. The van der Waals surface area contributed by atoms with Crippen LogP contribution in [-0.4, -0.2) is 11.2 Å². The molecular formula is C15H24O. The number of aliphatic hydroxyl groups excluding tert-OH is 1. The Balaban J connectivity index is 2.28. The molecule has 0 aromatic rings. The Morgan fingerprint density at radius 2 is 2.12 bits per heavy atom. The van der Waals surface area contributed by atoms with Crippen molar-refractivity contribution in [2.45, 2.75) is 59.0 Å². The second-order valence-corrected chi connectivity index (χ2v) is 6.17. The Morgan fingerprint density at radius 1 is 1.44 bits per heavy atom. The molecule has 90 valence electrons. The molecule has 1 heteroatoms. The predicted octanol–water partition coefficient (Wildman–Crippen LogP) is 3.84. The highest BCUT2D eigenvalue weighted by Gasteiger charge is 2.40. The Hall–Kier alpha value is -0.560. The van der Waals surface area contributed by atoms with Crippen LogP contribution in [0, 0.1) is 11.3 Å². The highest BCUT2D eigenvalue weighted by atomic mass is 16.3. The van der Waals surface area contributed by atoms with Crippen molar-refractivity contribution in [3.63, 3.8) is 0 Å². The summed E-state index contributed by atoms with van der Waals surface area (Å²) in [5, 5.41) is 9.91. The monoisotopic (exact) mass is 220 g/mol. The van der Waals surface area contributed by atoms with Crippen LogP contribution >= 0.6 is 0 Å². The summed E-state index contributed by atoms with van der Waals surface area (Å²) < 4.78 is 0. The van der Waals surface area contributed by atoms with Crippen LogP contribution in [0.15, 0.2) is 23.3 Å². The third kappa shape index (κ3) is 1.98. The fraction of sp³-hybridized carbons (Fsp3) is 0.733. The normalized spacial score (nSPS) is 39.5. The van der Waals surface area contributed by atoms with E-state index in [0.717, 1.165) is 12.8 Å². The Bertz CT molecular complexity index is 339. The topological polar surface area (TPSA) is 20.2 Å². The van der Waals surface area contributed by atoms with E-state index in [0.29, 0.717) is 5.92 Å². The molecule has 2 aliphatic carbocycles. The van der Waals surface area contributed by atoms with Crippen LogP contribution in [0.2, 0.25) is 0 Å². The summed E-state index contributed by atoms with van der Waals surface area (Å²) in [6, 6.07) is 0. The van der Waals surface area contributed by atoms with Crippen molar-refractivity contribution in [1.29, 1.82) is 0 Å². The van der Waals surface area contributed by atoms with Gasteiger partial charge in [0.05, 0.1) is 6.10 Å². The van der Waals surface area contributed by atoms with Gasteiger partial charge in [-0.25, -0.2) is 0 Å². The van der Waals surface area contributed by atoms with E-state index in [1.54, 1.807) is 5.57 Å². The second kappa shape index (κ2) is 4.03. The molecule has 1 saturated carbocycles. The highest BCUT2D eigenvalue weighted by Crippen LogP contribution is 2.51. The van der Waals surface area contributed by atoms with Gasteiger partial charge in [0.1, 0.15) is 0 Å². The van der Waals surface area contributed by atoms with Gasteiger partial charge in [0.15, 0.2) is 0 Å². The largest absolute Gasteiger partial charge is 0.393 e. The lowest BCUT2D eigenvalue weighted by molar-refractivity contribution is 0.0881. The van der Waals surface area contributed by atoms with Crippen LogP contribution < -0.4 is 0 Å². The van der Waals surface area contributed by atoms with Gasteiger partial charge < -0.3 is 5.11 Å². The molecule has 1 N–H and O–H groups in total. The van der Waals surface area contributed by atoms with Crippen LogP contribution in [0.3, 0.4) is 0 Å². The number of hydrogen-bond acceptors (Lipinski definition) is 1. The number of rotatable bonds is 1. The van der Waals surface area contributed by atoms with E-state index in [1.165, 1.54) is 30.4 Å². The minimum Gasteiger partial charge on any atom is -0.393 e. The molecule has 0 bridgehead atoms. The van der Waals surface area contributed by atoms with Gasteiger partial charge in [0.2, 0.25) is 0 Å². The summed E-state index contributed by atoms with van der Waals surface area (Å²) in [6.45, 7) is 10.8. The maximum absolute atomic E-state index is 9.91. The van der Waals surface area contributed by atoms with Gasteiger partial charge in [0, 0.05) is 0 Å². The third-order valence-corrected chi connectivity index (χ3v) is 4.66. The Kier molecular flexibility index (Phi) is 3.00. The first-order valence-electron chi connectivity index (χ1n) is 6.45. The third-order valence-electron chi connectivity index (χ3n) is 4.66. The fourth-order valence-electron chi connectivity index (χ4n) is 3.64. The molecule has 0 aliphatic heterocycles. The molecule has 1 fully saturated rings. The number of fused-ring (bicyclic) bond motifs is 1. The van der Waals surface area contributed by atoms with E-state index < -0.39 is 0 Å². The van der Waals surface area contributed by atoms with Gasteiger partial charge in [-0.05, 0) is 57.3 Å². The van der Waals surface area contributed by atoms with E-state index in [4.69, 9.17) is 0 Å². The maximum Gasteiger partial charge on any atom is 0.0585 e. The van der Waals surface area contributed by atoms with Crippen LogP contribution in [0.25, 0.3) is 0 Å². The van der Waals surface area contributed by atoms with Gasteiger partial charge >= 0.3 is 0 Å². The van der Waals surface area contributed by atoms with Gasteiger partial charge in [-0.2, -0.15) is 0 Å². The predicted molar refractivity (Wildman–Crippen MR) is 68.2 cm³/mol. The van der Waals surface area contributed by atoms with Gasteiger partial charge in [-0.3, -0.25) is 0 Å². The summed E-state index contributed by atoms with van der Waals surface area (Å²) in [7, 11) is 0. The lowest BCUT2D eigenvalue weighted by Crippen LogP contribution is -2.36. The molecule has 2 aliphatic rings. The van der Waals surface area contributed by atoms with Gasteiger partial charge in [0.25, 0.3) is 0 Å².